The summed E-state index contributed by atoms with van der Waals surface area (Å²) < 4.78 is 25.0. The van der Waals surface area contributed by atoms with E-state index in [1.807, 2.05) is 23.6 Å². The summed E-state index contributed by atoms with van der Waals surface area (Å²) in [4.78, 5) is 4.48. The molecule has 27 heavy (non-hydrogen) atoms. The highest BCUT2D eigenvalue weighted by atomic mass is 127. The largest absolute Gasteiger partial charge is 0.355 e. The maximum absolute atomic E-state index is 12.5. The average Bonchev–Trinajstić information content (AvgIpc) is 3.10. The van der Waals surface area contributed by atoms with Crippen molar-refractivity contribution in [1.29, 1.82) is 0 Å². The predicted molar refractivity (Wildman–Crippen MR) is 125 cm³/mol. The van der Waals surface area contributed by atoms with Gasteiger partial charge in [0, 0.05) is 20.1 Å². The molecule has 1 heterocycles. The maximum atomic E-state index is 12.5. The number of aliphatic imine (C=N–C) groups is 1. The number of benzene rings is 1. The van der Waals surface area contributed by atoms with Crippen LogP contribution < -0.4 is 10.6 Å². The van der Waals surface area contributed by atoms with Crippen molar-refractivity contribution in [3.63, 3.8) is 0 Å². The van der Waals surface area contributed by atoms with E-state index in [2.05, 4.69) is 41.8 Å². The summed E-state index contributed by atoms with van der Waals surface area (Å²) in [5.41, 5.74) is 2.29. The minimum atomic E-state index is -3.33. The van der Waals surface area contributed by atoms with Crippen molar-refractivity contribution in [2.24, 2.45) is 4.99 Å². The number of halogens is 1. The molecular formula is C19H28IN3O2S2. The topological polar surface area (TPSA) is 70.6 Å². The van der Waals surface area contributed by atoms with Gasteiger partial charge in [0.05, 0.1) is 10.6 Å². The standard InChI is InChI=1S/C19H27N3O2S2.HI/c1-19(2,3)16-5-7-17(8-6-16)26(23,24)12-10-21-18(20-4)22-13-15-9-11-25-14-15;/h5-9,11,14H,10,12-13H2,1-4H3,(H2,20,21,22);1H. The van der Waals surface area contributed by atoms with Crippen LogP contribution in [0.2, 0.25) is 0 Å². The Morgan fingerprint density at radius 3 is 2.30 bits per heavy atom. The summed E-state index contributed by atoms with van der Waals surface area (Å²) in [6, 6.07) is 9.21. The Morgan fingerprint density at radius 2 is 1.78 bits per heavy atom. The van der Waals surface area contributed by atoms with E-state index in [1.165, 1.54) is 5.56 Å². The van der Waals surface area contributed by atoms with Crippen molar-refractivity contribution in [3.05, 3.63) is 52.2 Å². The molecule has 2 aromatic rings. The second-order valence-electron chi connectivity index (χ2n) is 7.08. The first-order valence-corrected chi connectivity index (χ1v) is 11.1. The second-order valence-corrected chi connectivity index (χ2v) is 9.97. The van der Waals surface area contributed by atoms with E-state index in [4.69, 9.17) is 0 Å². The fourth-order valence-corrected chi connectivity index (χ4v) is 4.21. The summed E-state index contributed by atoms with van der Waals surface area (Å²) in [6.45, 7) is 7.27. The molecule has 0 radical (unpaired) electrons. The zero-order valence-electron chi connectivity index (χ0n) is 16.2. The second kappa shape index (κ2) is 10.4. The third-order valence-corrected chi connectivity index (χ3v) is 6.47. The van der Waals surface area contributed by atoms with Crippen LogP contribution in [0.5, 0.6) is 0 Å². The Morgan fingerprint density at radius 1 is 1.11 bits per heavy atom. The molecule has 2 rings (SSSR count). The number of sulfone groups is 1. The lowest BCUT2D eigenvalue weighted by molar-refractivity contribution is 0.586. The van der Waals surface area contributed by atoms with Crippen LogP contribution in [0.25, 0.3) is 0 Å². The van der Waals surface area contributed by atoms with Gasteiger partial charge in [-0.1, -0.05) is 32.9 Å². The number of nitrogens with one attached hydrogen (secondary N) is 2. The number of rotatable bonds is 6. The van der Waals surface area contributed by atoms with Crippen molar-refractivity contribution in [2.45, 2.75) is 37.6 Å². The molecule has 0 unspecified atom stereocenters. The van der Waals surface area contributed by atoms with E-state index in [0.29, 0.717) is 23.9 Å². The molecule has 0 saturated carbocycles. The minimum Gasteiger partial charge on any atom is -0.355 e. The van der Waals surface area contributed by atoms with Crippen molar-refractivity contribution in [1.82, 2.24) is 10.6 Å². The molecule has 1 aromatic heterocycles. The third kappa shape index (κ3) is 7.42. The first-order valence-electron chi connectivity index (χ1n) is 8.51. The van der Waals surface area contributed by atoms with Crippen molar-refractivity contribution >= 4 is 51.1 Å². The Kier molecular flexibility index (Phi) is 9.23. The van der Waals surface area contributed by atoms with Crippen LogP contribution in [0.15, 0.2) is 51.0 Å². The van der Waals surface area contributed by atoms with Gasteiger partial charge < -0.3 is 10.6 Å². The molecular weight excluding hydrogens is 493 g/mol. The van der Waals surface area contributed by atoms with Crippen LogP contribution in [0, 0.1) is 0 Å². The number of hydrogen-bond acceptors (Lipinski definition) is 4. The highest BCUT2D eigenvalue weighted by Gasteiger charge is 2.17. The zero-order chi connectivity index (χ0) is 19.2. The average molecular weight is 521 g/mol. The SMILES string of the molecule is CN=C(NCCS(=O)(=O)c1ccc(C(C)(C)C)cc1)NCc1ccsc1.I. The van der Waals surface area contributed by atoms with Gasteiger partial charge in [0.2, 0.25) is 0 Å². The van der Waals surface area contributed by atoms with Gasteiger partial charge in [0.1, 0.15) is 0 Å². The Labute approximate surface area is 183 Å². The van der Waals surface area contributed by atoms with Gasteiger partial charge in [-0.05, 0) is 45.5 Å². The Hall–Kier alpha value is -1.13. The first kappa shape index (κ1) is 23.9. The van der Waals surface area contributed by atoms with Gasteiger partial charge in [-0.25, -0.2) is 8.42 Å². The number of hydrogen-bond donors (Lipinski definition) is 2. The molecule has 5 nitrogen and oxygen atoms in total. The van der Waals surface area contributed by atoms with Crippen LogP contribution in [0.3, 0.4) is 0 Å². The summed E-state index contributed by atoms with van der Waals surface area (Å²) in [7, 11) is -1.66. The predicted octanol–water partition coefficient (Wildman–Crippen LogP) is 3.80. The lowest BCUT2D eigenvalue weighted by atomic mass is 9.87. The van der Waals surface area contributed by atoms with Crippen LogP contribution >= 0.6 is 35.3 Å². The molecule has 0 aliphatic carbocycles. The monoisotopic (exact) mass is 521 g/mol. The normalized spacial score (nSPS) is 12.4. The van der Waals surface area contributed by atoms with Gasteiger partial charge in [-0.3, -0.25) is 4.99 Å². The molecule has 0 spiro atoms. The molecule has 0 atom stereocenters. The third-order valence-electron chi connectivity index (χ3n) is 4.01. The number of thiophene rings is 1. The van der Waals surface area contributed by atoms with Crippen molar-refractivity contribution in [2.75, 3.05) is 19.3 Å². The van der Waals surface area contributed by atoms with Crippen LogP contribution in [-0.2, 0) is 21.8 Å². The van der Waals surface area contributed by atoms with Crippen LogP contribution in [0.1, 0.15) is 31.9 Å². The molecule has 0 saturated heterocycles. The van der Waals surface area contributed by atoms with Gasteiger partial charge >= 0.3 is 0 Å². The molecule has 0 amide bonds. The molecule has 1 aromatic carbocycles. The lowest BCUT2D eigenvalue weighted by Crippen LogP contribution is -2.39. The van der Waals surface area contributed by atoms with Crippen molar-refractivity contribution < 1.29 is 8.42 Å². The van der Waals surface area contributed by atoms with Crippen LogP contribution in [-0.4, -0.2) is 33.7 Å². The molecule has 0 fully saturated rings. The smallest absolute Gasteiger partial charge is 0.191 e. The van der Waals surface area contributed by atoms with E-state index >= 15 is 0 Å². The van der Waals surface area contributed by atoms with E-state index in [-0.39, 0.29) is 35.1 Å². The molecule has 8 heteroatoms. The van der Waals surface area contributed by atoms with E-state index in [1.54, 1.807) is 30.5 Å². The van der Waals surface area contributed by atoms with E-state index in [0.717, 1.165) is 5.56 Å². The van der Waals surface area contributed by atoms with Gasteiger partial charge in [-0.15, -0.1) is 24.0 Å². The van der Waals surface area contributed by atoms with Gasteiger partial charge in [0.15, 0.2) is 15.8 Å². The highest BCUT2D eigenvalue weighted by molar-refractivity contribution is 14.0. The van der Waals surface area contributed by atoms with Crippen molar-refractivity contribution in [3.8, 4) is 0 Å². The fraction of sp³-hybridized carbons (Fsp3) is 0.421. The van der Waals surface area contributed by atoms with Crippen LogP contribution in [0.4, 0.5) is 0 Å². The quantitative estimate of drug-likeness (QED) is 0.345. The first-order chi connectivity index (χ1) is 12.2. The molecule has 0 aliphatic rings. The fourth-order valence-electron chi connectivity index (χ4n) is 2.38. The molecule has 0 bridgehead atoms. The zero-order valence-corrected chi connectivity index (χ0v) is 20.1. The van der Waals surface area contributed by atoms with Gasteiger partial charge in [-0.2, -0.15) is 11.3 Å². The maximum Gasteiger partial charge on any atom is 0.191 e. The van der Waals surface area contributed by atoms with E-state index in [9.17, 15) is 8.42 Å². The minimum absolute atomic E-state index is 0. The summed E-state index contributed by atoms with van der Waals surface area (Å²) >= 11 is 1.64. The molecule has 2 N–H and O–H groups in total. The summed E-state index contributed by atoms with van der Waals surface area (Å²) in [5.74, 6) is 0.607. The Bertz CT molecular complexity index is 825. The highest BCUT2D eigenvalue weighted by Crippen LogP contribution is 2.23. The summed E-state index contributed by atoms with van der Waals surface area (Å²) in [6.07, 6.45) is 0. The number of guanidine groups is 1. The lowest BCUT2D eigenvalue weighted by Gasteiger charge is -2.19. The molecule has 0 aliphatic heterocycles. The Balaban J connectivity index is 0.00000364. The van der Waals surface area contributed by atoms with Gasteiger partial charge in [0.25, 0.3) is 0 Å². The molecule has 150 valence electrons. The number of nitrogens with zero attached hydrogens (tertiary/aromatic N) is 1. The summed E-state index contributed by atoms with van der Waals surface area (Å²) in [5, 5.41) is 10.3. The van der Waals surface area contributed by atoms with E-state index < -0.39 is 9.84 Å².